The van der Waals surface area contributed by atoms with Crippen LogP contribution in [0.5, 0.6) is 11.5 Å². The van der Waals surface area contributed by atoms with Crippen molar-refractivity contribution in [2.24, 2.45) is 10.8 Å². The van der Waals surface area contributed by atoms with Crippen LogP contribution in [-0.2, 0) is 20.8 Å². The number of hydrogen-bond donors (Lipinski definition) is 2. The summed E-state index contributed by atoms with van der Waals surface area (Å²) in [5, 5.41) is 18.8. The van der Waals surface area contributed by atoms with Crippen LogP contribution in [0.1, 0.15) is 12.0 Å². The number of ether oxygens (including phenoxy) is 2. The first kappa shape index (κ1) is 17.1. The fourth-order valence-electron chi connectivity index (χ4n) is 3.74. The van der Waals surface area contributed by atoms with E-state index in [0.717, 1.165) is 0 Å². The smallest absolute Gasteiger partial charge is 0.312 e. The molecule has 3 rings (SSSR count). The maximum Gasteiger partial charge on any atom is 0.312 e. The highest BCUT2D eigenvalue weighted by Gasteiger charge is 2.81. The molecule has 1 aromatic rings. The van der Waals surface area contributed by atoms with E-state index in [1.807, 2.05) is 0 Å². The molecule has 1 amide bonds. The van der Waals surface area contributed by atoms with Crippen LogP contribution in [0.3, 0.4) is 0 Å². The van der Waals surface area contributed by atoms with Crippen molar-refractivity contribution >= 4 is 17.8 Å². The summed E-state index contributed by atoms with van der Waals surface area (Å²) in [6.07, 6.45) is 0.0683. The molecule has 2 fully saturated rings. The third-order valence-corrected chi connectivity index (χ3v) is 5.32. The summed E-state index contributed by atoms with van der Waals surface area (Å²) in [4.78, 5) is 37.0. The van der Waals surface area contributed by atoms with Crippen LogP contribution in [0.2, 0.25) is 0 Å². The Labute approximate surface area is 143 Å². The predicted octanol–water partition coefficient (Wildman–Crippen LogP) is 0.634. The van der Waals surface area contributed by atoms with E-state index >= 15 is 0 Å². The Bertz CT molecular complexity index is 733. The zero-order valence-electron chi connectivity index (χ0n) is 13.9. The van der Waals surface area contributed by atoms with Crippen molar-refractivity contribution in [3.8, 4) is 11.5 Å². The van der Waals surface area contributed by atoms with Gasteiger partial charge in [-0.05, 0) is 12.5 Å². The monoisotopic (exact) mass is 349 g/mol. The van der Waals surface area contributed by atoms with Crippen molar-refractivity contribution in [2.75, 3.05) is 27.3 Å². The Morgan fingerprint density at radius 2 is 1.68 bits per heavy atom. The number of nitrogens with zero attached hydrogens (tertiary/aromatic N) is 1. The third kappa shape index (κ3) is 2.40. The molecule has 134 valence electrons. The van der Waals surface area contributed by atoms with E-state index < -0.39 is 22.8 Å². The van der Waals surface area contributed by atoms with Crippen LogP contribution in [0.25, 0.3) is 0 Å². The van der Waals surface area contributed by atoms with Crippen molar-refractivity contribution < 1.29 is 34.1 Å². The molecule has 0 bridgehead atoms. The molecule has 8 heteroatoms. The van der Waals surface area contributed by atoms with Gasteiger partial charge in [0.15, 0.2) is 0 Å². The number of methoxy groups -OCH3 is 2. The Morgan fingerprint density at radius 3 is 2.16 bits per heavy atom. The first-order valence-corrected chi connectivity index (χ1v) is 7.75. The van der Waals surface area contributed by atoms with Gasteiger partial charge in [0.25, 0.3) is 0 Å². The molecule has 1 aliphatic heterocycles. The van der Waals surface area contributed by atoms with Crippen LogP contribution in [-0.4, -0.2) is 60.3 Å². The van der Waals surface area contributed by atoms with Gasteiger partial charge in [0, 0.05) is 24.7 Å². The molecule has 1 saturated carbocycles. The highest BCUT2D eigenvalue weighted by molar-refractivity contribution is 5.96. The Balaban J connectivity index is 1.78. The molecule has 2 atom stereocenters. The quantitative estimate of drug-likeness (QED) is 0.774. The van der Waals surface area contributed by atoms with E-state index in [1.54, 1.807) is 18.2 Å². The fraction of sp³-hybridized carbons (Fsp3) is 0.471. The van der Waals surface area contributed by atoms with Gasteiger partial charge in [-0.15, -0.1) is 0 Å². The number of piperidine rings is 1. The molecule has 0 aromatic heterocycles. The number of benzene rings is 1. The van der Waals surface area contributed by atoms with E-state index in [0.29, 0.717) is 17.1 Å². The van der Waals surface area contributed by atoms with Crippen LogP contribution in [0.15, 0.2) is 18.2 Å². The number of rotatable bonds is 6. The lowest BCUT2D eigenvalue weighted by Gasteiger charge is -2.20. The molecule has 25 heavy (non-hydrogen) atoms. The largest absolute Gasteiger partial charge is 0.497 e. The molecule has 1 aliphatic carbocycles. The van der Waals surface area contributed by atoms with Crippen molar-refractivity contribution in [2.45, 2.75) is 12.8 Å². The number of fused-ring (bicyclic) bond motifs is 1. The molecule has 2 aliphatic rings. The van der Waals surface area contributed by atoms with Gasteiger partial charge >= 0.3 is 11.9 Å². The van der Waals surface area contributed by atoms with Gasteiger partial charge in [-0.3, -0.25) is 14.4 Å². The summed E-state index contributed by atoms with van der Waals surface area (Å²) < 4.78 is 10.4. The second-order valence-electron chi connectivity index (χ2n) is 6.56. The molecule has 8 nitrogen and oxygen atoms in total. The number of carboxylic acids is 2. The summed E-state index contributed by atoms with van der Waals surface area (Å²) in [6.45, 7) is -0.155. The summed E-state index contributed by atoms with van der Waals surface area (Å²) >= 11 is 0. The van der Waals surface area contributed by atoms with Gasteiger partial charge < -0.3 is 24.6 Å². The Morgan fingerprint density at radius 1 is 1.08 bits per heavy atom. The predicted molar refractivity (Wildman–Crippen MR) is 84.6 cm³/mol. The van der Waals surface area contributed by atoms with Gasteiger partial charge in [-0.1, -0.05) is 6.07 Å². The van der Waals surface area contributed by atoms with E-state index in [4.69, 9.17) is 9.47 Å². The van der Waals surface area contributed by atoms with E-state index in [9.17, 15) is 24.6 Å². The normalized spacial score (nSPS) is 26.7. The molecule has 1 saturated heterocycles. The molecular weight excluding hydrogens is 330 g/mol. The van der Waals surface area contributed by atoms with Gasteiger partial charge in [0.1, 0.15) is 22.3 Å². The highest BCUT2D eigenvalue weighted by Crippen LogP contribution is 2.68. The van der Waals surface area contributed by atoms with Crippen LogP contribution in [0, 0.1) is 10.8 Å². The topological polar surface area (TPSA) is 113 Å². The molecular formula is C17H19NO7. The van der Waals surface area contributed by atoms with Crippen molar-refractivity contribution in [1.82, 2.24) is 4.90 Å². The van der Waals surface area contributed by atoms with Crippen molar-refractivity contribution in [1.29, 1.82) is 0 Å². The molecule has 2 N–H and O–H groups in total. The van der Waals surface area contributed by atoms with Gasteiger partial charge in [-0.25, -0.2) is 0 Å². The average Bonchev–Trinajstić information content (AvgIpc) is 3.13. The third-order valence-electron chi connectivity index (χ3n) is 5.32. The van der Waals surface area contributed by atoms with Crippen LogP contribution >= 0.6 is 0 Å². The first-order chi connectivity index (χ1) is 11.8. The number of aliphatic carboxylic acids is 2. The average molecular weight is 349 g/mol. The van der Waals surface area contributed by atoms with Gasteiger partial charge in [0.2, 0.25) is 5.91 Å². The lowest BCUT2D eigenvalue weighted by Crippen LogP contribution is -2.35. The number of hydrogen-bond acceptors (Lipinski definition) is 5. The highest BCUT2D eigenvalue weighted by atomic mass is 16.5. The molecule has 1 aromatic carbocycles. The molecule has 0 spiro atoms. The summed E-state index contributed by atoms with van der Waals surface area (Å²) in [7, 11) is 3.00. The number of carbonyl (C=O) groups is 3. The SMILES string of the molecule is COc1ccc(CC(=O)N2C[C@@]3(C(=O)O)C[C@@]3(C(=O)O)C2)c(OC)c1. The van der Waals surface area contributed by atoms with Gasteiger partial charge in [-0.2, -0.15) is 0 Å². The number of carbonyl (C=O) groups excluding carboxylic acids is 1. The Kier molecular flexibility index (Phi) is 3.85. The zero-order chi connectivity index (χ0) is 18.4. The first-order valence-electron chi connectivity index (χ1n) is 7.75. The maximum atomic E-state index is 12.6. The Hall–Kier alpha value is -2.77. The van der Waals surface area contributed by atoms with Crippen molar-refractivity contribution in [3.05, 3.63) is 23.8 Å². The summed E-state index contributed by atoms with van der Waals surface area (Å²) in [6, 6.07) is 5.05. The minimum Gasteiger partial charge on any atom is -0.497 e. The minimum atomic E-state index is -1.36. The van der Waals surface area contributed by atoms with Gasteiger partial charge in [0.05, 0.1) is 20.6 Å². The van der Waals surface area contributed by atoms with Crippen LogP contribution < -0.4 is 9.47 Å². The standard InChI is InChI=1S/C17H19NO7/c1-24-11-4-3-10(12(6-11)25-2)5-13(19)18-8-16(14(20)21)7-17(16,9-18)15(22)23/h3-4,6H,5,7-9H2,1-2H3,(H,20,21)(H,22,23)/t16-,17+. The number of amides is 1. The van der Waals surface area contributed by atoms with E-state index in [2.05, 4.69) is 0 Å². The summed E-state index contributed by atoms with van der Waals surface area (Å²) in [5.74, 6) is -1.57. The summed E-state index contributed by atoms with van der Waals surface area (Å²) in [5.41, 5.74) is -2.10. The second kappa shape index (κ2) is 5.65. The lowest BCUT2D eigenvalue weighted by atomic mass is 9.97. The number of likely N-dealkylation sites (tertiary alicyclic amines) is 1. The fourth-order valence-corrected chi connectivity index (χ4v) is 3.74. The number of carboxylic acid groups (broad SMARTS) is 2. The van der Waals surface area contributed by atoms with E-state index in [-0.39, 0.29) is 31.8 Å². The maximum absolute atomic E-state index is 12.6. The molecule has 0 unspecified atom stereocenters. The van der Waals surface area contributed by atoms with Crippen LogP contribution in [0.4, 0.5) is 0 Å². The van der Waals surface area contributed by atoms with E-state index in [1.165, 1.54) is 19.1 Å². The molecule has 0 radical (unpaired) electrons. The van der Waals surface area contributed by atoms with Crippen molar-refractivity contribution in [3.63, 3.8) is 0 Å². The second-order valence-corrected chi connectivity index (χ2v) is 6.56. The zero-order valence-corrected chi connectivity index (χ0v) is 13.9. The molecule has 1 heterocycles. The minimum absolute atomic E-state index is 0.00142. The lowest BCUT2D eigenvalue weighted by molar-refractivity contribution is -0.151.